The van der Waals surface area contributed by atoms with Crippen molar-refractivity contribution in [1.82, 2.24) is 10.2 Å². The molecule has 0 spiro atoms. The van der Waals surface area contributed by atoms with Crippen molar-refractivity contribution in [1.29, 1.82) is 0 Å². The second-order valence-electron chi connectivity index (χ2n) is 7.71. The number of hydrogen-bond acceptors (Lipinski definition) is 1. The molecule has 0 heterocycles. The minimum Gasteiger partial charge on any atom is -0.334 e. The summed E-state index contributed by atoms with van der Waals surface area (Å²) in [5.41, 5.74) is -0.0511. The SMILES string of the molecule is C=CCN(C(=O)NCc1ccc(C(F)(F)F)cc1)C1CC(C)CCC(C)C1. The van der Waals surface area contributed by atoms with Crippen molar-refractivity contribution < 1.29 is 18.0 Å². The molecule has 0 radical (unpaired) electrons. The topological polar surface area (TPSA) is 32.3 Å². The third-order valence-corrected chi connectivity index (χ3v) is 5.25. The van der Waals surface area contributed by atoms with Gasteiger partial charge < -0.3 is 10.2 Å². The highest BCUT2D eigenvalue weighted by Crippen LogP contribution is 2.30. The molecule has 0 saturated heterocycles. The maximum atomic E-state index is 12.7. The molecule has 1 aromatic carbocycles. The number of carbonyl (C=O) groups is 1. The molecule has 1 fully saturated rings. The maximum Gasteiger partial charge on any atom is 0.416 e. The summed E-state index contributed by atoms with van der Waals surface area (Å²) in [6.45, 7) is 8.86. The van der Waals surface area contributed by atoms with Crippen LogP contribution in [0, 0.1) is 11.8 Å². The first-order valence-corrected chi connectivity index (χ1v) is 9.52. The molecular formula is C21H29F3N2O. The summed E-state index contributed by atoms with van der Waals surface area (Å²) in [4.78, 5) is 14.6. The lowest BCUT2D eigenvalue weighted by Crippen LogP contribution is -2.46. The number of halogens is 3. The van der Waals surface area contributed by atoms with Gasteiger partial charge >= 0.3 is 12.2 Å². The fourth-order valence-corrected chi connectivity index (χ4v) is 3.71. The molecule has 2 amide bonds. The Bertz CT molecular complexity index is 615. The largest absolute Gasteiger partial charge is 0.416 e. The summed E-state index contributed by atoms with van der Waals surface area (Å²) in [6.07, 6.45) is 1.64. The molecular weight excluding hydrogens is 353 g/mol. The lowest BCUT2D eigenvalue weighted by Gasteiger charge is -2.32. The first-order chi connectivity index (χ1) is 12.7. The van der Waals surface area contributed by atoms with Crippen molar-refractivity contribution in [3.05, 3.63) is 48.0 Å². The average molecular weight is 382 g/mol. The fraction of sp³-hybridized carbons (Fsp3) is 0.571. The van der Waals surface area contributed by atoms with Gasteiger partial charge in [0.25, 0.3) is 0 Å². The van der Waals surface area contributed by atoms with E-state index in [2.05, 4.69) is 25.7 Å². The van der Waals surface area contributed by atoms with Crippen LogP contribution in [-0.2, 0) is 12.7 Å². The Morgan fingerprint density at radius 1 is 1.19 bits per heavy atom. The zero-order valence-corrected chi connectivity index (χ0v) is 16.1. The molecule has 1 aliphatic rings. The highest BCUT2D eigenvalue weighted by molar-refractivity contribution is 5.74. The van der Waals surface area contributed by atoms with Crippen LogP contribution >= 0.6 is 0 Å². The number of rotatable bonds is 5. The van der Waals surface area contributed by atoms with Crippen LogP contribution in [0.25, 0.3) is 0 Å². The molecule has 150 valence electrons. The molecule has 1 N–H and O–H groups in total. The summed E-state index contributed by atoms with van der Waals surface area (Å²) in [7, 11) is 0. The van der Waals surface area contributed by atoms with E-state index < -0.39 is 11.7 Å². The number of amides is 2. The fourth-order valence-electron chi connectivity index (χ4n) is 3.71. The molecule has 1 saturated carbocycles. The lowest BCUT2D eigenvalue weighted by atomic mass is 9.98. The quantitative estimate of drug-likeness (QED) is 0.520. The number of hydrogen-bond donors (Lipinski definition) is 1. The van der Waals surface area contributed by atoms with Gasteiger partial charge in [0.1, 0.15) is 0 Å². The van der Waals surface area contributed by atoms with Crippen molar-refractivity contribution in [2.45, 2.75) is 58.3 Å². The van der Waals surface area contributed by atoms with Crippen LogP contribution in [0.3, 0.4) is 0 Å². The molecule has 0 aromatic heterocycles. The smallest absolute Gasteiger partial charge is 0.334 e. The highest BCUT2D eigenvalue weighted by Gasteiger charge is 2.30. The lowest BCUT2D eigenvalue weighted by molar-refractivity contribution is -0.137. The van der Waals surface area contributed by atoms with Crippen molar-refractivity contribution in [3.8, 4) is 0 Å². The van der Waals surface area contributed by atoms with Crippen LogP contribution in [0.2, 0.25) is 0 Å². The molecule has 6 heteroatoms. The molecule has 3 nitrogen and oxygen atoms in total. The second kappa shape index (κ2) is 9.29. The van der Waals surface area contributed by atoms with Gasteiger partial charge in [-0.1, -0.05) is 44.9 Å². The Balaban J connectivity index is 2.01. The van der Waals surface area contributed by atoms with Crippen LogP contribution in [0.1, 0.15) is 50.7 Å². The van der Waals surface area contributed by atoms with Crippen LogP contribution in [0.5, 0.6) is 0 Å². The summed E-state index contributed by atoms with van der Waals surface area (Å²) in [6, 6.07) is 4.84. The molecule has 2 atom stereocenters. The van der Waals surface area contributed by atoms with E-state index in [1.807, 2.05) is 4.90 Å². The van der Waals surface area contributed by atoms with E-state index in [1.54, 1.807) is 6.08 Å². The monoisotopic (exact) mass is 382 g/mol. The Labute approximate surface area is 159 Å². The van der Waals surface area contributed by atoms with Crippen LogP contribution in [-0.4, -0.2) is 23.5 Å². The highest BCUT2D eigenvalue weighted by atomic mass is 19.4. The summed E-state index contributed by atoms with van der Waals surface area (Å²) >= 11 is 0. The van der Waals surface area contributed by atoms with Crippen molar-refractivity contribution in [3.63, 3.8) is 0 Å². The minimum atomic E-state index is -4.35. The van der Waals surface area contributed by atoms with Crippen molar-refractivity contribution in [2.24, 2.45) is 11.8 Å². The Hall–Kier alpha value is -1.98. The van der Waals surface area contributed by atoms with Gasteiger partial charge in [-0.2, -0.15) is 13.2 Å². The normalized spacial score (nSPS) is 23.4. The van der Waals surface area contributed by atoms with Gasteiger partial charge in [0.2, 0.25) is 0 Å². The number of benzene rings is 1. The van der Waals surface area contributed by atoms with E-state index in [0.717, 1.165) is 25.0 Å². The zero-order chi connectivity index (χ0) is 20.0. The van der Waals surface area contributed by atoms with Crippen molar-refractivity contribution in [2.75, 3.05) is 6.54 Å². The third-order valence-electron chi connectivity index (χ3n) is 5.25. The number of nitrogens with zero attached hydrogens (tertiary/aromatic N) is 1. The number of carbonyl (C=O) groups excluding carboxylic acids is 1. The summed E-state index contributed by atoms with van der Waals surface area (Å²) in [5, 5.41) is 2.85. The van der Waals surface area contributed by atoms with E-state index in [1.165, 1.54) is 25.0 Å². The van der Waals surface area contributed by atoms with Crippen LogP contribution in [0.4, 0.5) is 18.0 Å². The second-order valence-corrected chi connectivity index (χ2v) is 7.71. The maximum absolute atomic E-state index is 12.7. The first-order valence-electron chi connectivity index (χ1n) is 9.52. The zero-order valence-electron chi connectivity index (χ0n) is 16.1. The molecule has 1 aromatic rings. The van der Waals surface area contributed by atoms with E-state index in [-0.39, 0.29) is 18.6 Å². The summed E-state index contributed by atoms with van der Waals surface area (Å²) < 4.78 is 37.9. The molecule has 2 rings (SSSR count). The van der Waals surface area contributed by atoms with E-state index in [4.69, 9.17) is 0 Å². The Morgan fingerprint density at radius 2 is 1.74 bits per heavy atom. The van der Waals surface area contributed by atoms with Crippen LogP contribution in [0.15, 0.2) is 36.9 Å². The van der Waals surface area contributed by atoms with Crippen LogP contribution < -0.4 is 5.32 Å². The number of alkyl halides is 3. The molecule has 0 aliphatic heterocycles. The van der Waals surface area contributed by atoms with Gasteiger partial charge in [0.15, 0.2) is 0 Å². The first kappa shape index (κ1) is 21.3. The molecule has 0 bridgehead atoms. The van der Waals surface area contributed by atoms with E-state index in [9.17, 15) is 18.0 Å². The molecule has 1 aliphatic carbocycles. The van der Waals surface area contributed by atoms with Gasteiger partial charge in [-0.15, -0.1) is 6.58 Å². The van der Waals surface area contributed by atoms with E-state index in [0.29, 0.717) is 23.9 Å². The number of nitrogens with one attached hydrogen (secondary N) is 1. The predicted molar refractivity (Wildman–Crippen MR) is 101 cm³/mol. The number of urea groups is 1. The molecule has 2 unspecified atom stereocenters. The van der Waals surface area contributed by atoms with Gasteiger partial charge in [-0.3, -0.25) is 0 Å². The van der Waals surface area contributed by atoms with Gasteiger partial charge in [-0.25, -0.2) is 4.79 Å². The third kappa shape index (κ3) is 6.29. The van der Waals surface area contributed by atoms with Crippen molar-refractivity contribution >= 4 is 6.03 Å². The van der Waals surface area contributed by atoms with Gasteiger partial charge in [-0.05, 0) is 42.4 Å². The Kier molecular flexibility index (Phi) is 7.33. The van der Waals surface area contributed by atoms with Gasteiger partial charge in [0.05, 0.1) is 5.56 Å². The minimum absolute atomic E-state index is 0.156. The van der Waals surface area contributed by atoms with Gasteiger partial charge in [0, 0.05) is 19.1 Å². The standard InChI is InChI=1S/C21H29F3N2O/c1-4-11-26(19-12-15(2)5-6-16(3)13-19)20(27)25-14-17-7-9-18(10-8-17)21(22,23)24/h4,7-10,15-16,19H,1,5-6,11-14H2,2-3H3,(H,25,27). The summed E-state index contributed by atoms with van der Waals surface area (Å²) in [5.74, 6) is 1.13. The average Bonchev–Trinajstić information content (AvgIpc) is 2.78. The van der Waals surface area contributed by atoms with E-state index >= 15 is 0 Å². The predicted octanol–water partition coefficient (Wildman–Crippen LogP) is 5.62. The Morgan fingerprint density at radius 3 is 2.22 bits per heavy atom. The molecule has 27 heavy (non-hydrogen) atoms.